The van der Waals surface area contributed by atoms with Crippen LogP contribution >= 0.6 is 15.9 Å². The summed E-state index contributed by atoms with van der Waals surface area (Å²) in [7, 11) is 0. The third-order valence-electron chi connectivity index (χ3n) is 1.67. The molecule has 1 unspecified atom stereocenters. The molecule has 0 saturated carbocycles. The van der Waals surface area contributed by atoms with Crippen LogP contribution < -0.4 is 5.73 Å². The van der Waals surface area contributed by atoms with E-state index in [2.05, 4.69) is 33.9 Å². The van der Waals surface area contributed by atoms with E-state index < -0.39 is 0 Å². The van der Waals surface area contributed by atoms with Gasteiger partial charge in [0.05, 0.1) is 0 Å². The summed E-state index contributed by atoms with van der Waals surface area (Å²) in [6, 6.07) is 2.24. The van der Waals surface area contributed by atoms with E-state index in [4.69, 9.17) is 5.73 Å². The molecule has 0 amide bonds. The summed E-state index contributed by atoms with van der Waals surface area (Å²) < 4.78 is 1.02. The van der Waals surface area contributed by atoms with Crippen LogP contribution in [0.4, 0.5) is 0 Å². The highest BCUT2D eigenvalue weighted by Gasteiger charge is 2.02. The number of nitrogens with zero attached hydrogens (tertiary/aromatic N) is 1. The quantitative estimate of drug-likeness (QED) is 0.842. The van der Waals surface area contributed by atoms with E-state index >= 15 is 0 Å². The summed E-state index contributed by atoms with van der Waals surface area (Å²) in [4.78, 5) is 4.29. The van der Waals surface area contributed by atoms with Crippen LogP contribution in [0.3, 0.4) is 0 Å². The molecule has 2 N–H and O–H groups in total. The van der Waals surface area contributed by atoms with Crippen LogP contribution in [0.15, 0.2) is 16.7 Å². The first-order chi connectivity index (χ1) is 5.59. The number of rotatable bonds is 2. The molecule has 0 spiro atoms. The van der Waals surface area contributed by atoms with Crippen LogP contribution in [0.5, 0.6) is 0 Å². The predicted molar refractivity (Wildman–Crippen MR) is 54.0 cm³/mol. The van der Waals surface area contributed by atoms with Gasteiger partial charge in [0.2, 0.25) is 0 Å². The van der Waals surface area contributed by atoms with E-state index in [9.17, 15) is 0 Å². The Morgan fingerprint density at radius 2 is 2.33 bits per heavy atom. The molecule has 1 atom stereocenters. The Hall–Kier alpha value is -0.410. The SMILES string of the molecule is Cc1cc(Br)cnc1CC(C)N. The predicted octanol–water partition coefficient (Wildman–Crippen LogP) is 2.04. The Labute approximate surface area is 81.3 Å². The minimum absolute atomic E-state index is 0.178. The van der Waals surface area contributed by atoms with Crippen molar-refractivity contribution in [2.24, 2.45) is 5.73 Å². The van der Waals surface area contributed by atoms with Crippen LogP contribution in [0.2, 0.25) is 0 Å². The summed E-state index contributed by atoms with van der Waals surface area (Å²) in [5.41, 5.74) is 7.97. The number of halogens is 1. The second-order valence-electron chi connectivity index (χ2n) is 3.10. The number of hydrogen-bond donors (Lipinski definition) is 1. The summed E-state index contributed by atoms with van der Waals surface area (Å²) in [6.07, 6.45) is 2.66. The number of pyridine rings is 1. The molecule has 2 nitrogen and oxygen atoms in total. The maximum Gasteiger partial charge on any atom is 0.0448 e. The third kappa shape index (κ3) is 2.57. The Morgan fingerprint density at radius 1 is 1.67 bits per heavy atom. The average Bonchev–Trinajstić information content (AvgIpc) is 1.94. The van der Waals surface area contributed by atoms with Crippen molar-refractivity contribution >= 4 is 15.9 Å². The standard InChI is InChI=1S/C9H13BrN2/c1-6-3-8(10)5-12-9(6)4-7(2)11/h3,5,7H,4,11H2,1-2H3. The first-order valence-corrected chi connectivity index (χ1v) is 4.75. The lowest BCUT2D eigenvalue weighted by Crippen LogP contribution is -2.19. The first kappa shape index (κ1) is 9.68. The van der Waals surface area contributed by atoms with E-state index in [0.717, 1.165) is 16.6 Å². The lowest BCUT2D eigenvalue weighted by Gasteiger charge is -2.07. The summed E-state index contributed by atoms with van der Waals surface area (Å²) in [5, 5.41) is 0. The van der Waals surface area contributed by atoms with Gasteiger partial charge in [-0.2, -0.15) is 0 Å². The van der Waals surface area contributed by atoms with Crippen molar-refractivity contribution in [2.45, 2.75) is 26.3 Å². The van der Waals surface area contributed by atoms with Crippen LogP contribution in [0.25, 0.3) is 0 Å². The molecule has 0 aliphatic rings. The molecule has 3 heteroatoms. The fraction of sp³-hybridized carbons (Fsp3) is 0.444. The molecule has 0 aromatic carbocycles. The maximum atomic E-state index is 5.68. The monoisotopic (exact) mass is 228 g/mol. The number of aromatic nitrogens is 1. The van der Waals surface area contributed by atoms with Crippen molar-refractivity contribution in [3.63, 3.8) is 0 Å². The number of aryl methyl sites for hydroxylation is 1. The molecule has 1 rings (SSSR count). The molecule has 0 bridgehead atoms. The molecule has 0 saturated heterocycles. The van der Waals surface area contributed by atoms with Crippen molar-refractivity contribution in [3.05, 3.63) is 28.0 Å². The fourth-order valence-corrected chi connectivity index (χ4v) is 1.53. The minimum atomic E-state index is 0.178. The summed E-state index contributed by atoms with van der Waals surface area (Å²) in [6.45, 7) is 4.04. The smallest absolute Gasteiger partial charge is 0.0448 e. The molecular formula is C9H13BrN2. The van der Waals surface area contributed by atoms with Crippen molar-refractivity contribution in [3.8, 4) is 0 Å². The molecular weight excluding hydrogens is 216 g/mol. The second-order valence-corrected chi connectivity index (χ2v) is 4.01. The lowest BCUT2D eigenvalue weighted by atomic mass is 10.1. The molecule has 0 aliphatic carbocycles. The minimum Gasteiger partial charge on any atom is -0.328 e. The van der Waals surface area contributed by atoms with Gasteiger partial charge in [-0.1, -0.05) is 0 Å². The van der Waals surface area contributed by atoms with Gasteiger partial charge >= 0.3 is 0 Å². The fourth-order valence-electron chi connectivity index (χ4n) is 1.09. The van der Waals surface area contributed by atoms with Gasteiger partial charge < -0.3 is 5.73 Å². The lowest BCUT2D eigenvalue weighted by molar-refractivity contribution is 0.717. The number of hydrogen-bond acceptors (Lipinski definition) is 2. The molecule has 0 aliphatic heterocycles. The molecule has 1 heterocycles. The zero-order chi connectivity index (χ0) is 9.14. The van der Waals surface area contributed by atoms with Crippen LogP contribution in [-0.2, 0) is 6.42 Å². The highest BCUT2D eigenvalue weighted by molar-refractivity contribution is 9.10. The zero-order valence-corrected chi connectivity index (χ0v) is 8.93. The zero-order valence-electron chi connectivity index (χ0n) is 7.34. The third-order valence-corrected chi connectivity index (χ3v) is 2.10. The highest BCUT2D eigenvalue weighted by Crippen LogP contribution is 2.13. The van der Waals surface area contributed by atoms with Gasteiger partial charge in [0.15, 0.2) is 0 Å². The van der Waals surface area contributed by atoms with Gasteiger partial charge in [0, 0.05) is 28.8 Å². The van der Waals surface area contributed by atoms with E-state index in [1.807, 2.05) is 13.1 Å². The van der Waals surface area contributed by atoms with Gasteiger partial charge in [0.1, 0.15) is 0 Å². The summed E-state index contributed by atoms with van der Waals surface area (Å²) in [5.74, 6) is 0. The first-order valence-electron chi connectivity index (χ1n) is 3.96. The van der Waals surface area contributed by atoms with E-state index in [-0.39, 0.29) is 6.04 Å². The van der Waals surface area contributed by atoms with Crippen LogP contribution in [-0.4, -0.2) is 11.0 Å². The largest absolute Gasteiger partial charge is 0.328 e. The highest BCUT2D eigenvalue weighted by atomic mass is 79.9. The number of nitrogens with two attached hydrogens (primary N) is 1. The molecule has 0 radical (unpaired) electrons. The topological polar surface area (TPSA) is 38.9 Å². The normalized spacial score (nSPS) is 13.0. The van der Waals surface area contributed by atoms with E-state index in [1.165, 1.54) is 5.56 Å². The summed E-state index contributed by atoms with van der Waals surface area (Å²) >= 11 is 3.37. The van der Waals surface area contributed by atoms with Crippen molar-refractivity contribution in [1.82, 2.24) is 4.98 Å². The maximum absolute atomic E-state index is 5.68. The Morgan fingerprint density at radius 3 is 2.83 bits per heavy atom. The molecule has 0 fully saturated rings. The van der Waals surface area contributed by atoms with Gasteiger partial charge in [0.25, 0.3) is 0 Å². The van der Waals surface area contributed by atoms with Gasteiger partial charge in [-0.3, -0.25) is 4.98 Å². The van der Waals surface area contributed by atoms with Crippen LogP contribution in [0.1, 0.15) is 18.2 Å². The van der Waals surface area contributed by atoms with Gasteiger partial charge in [-0.05, 0) is 41.4 Å². The molecule has 1 aromatic rings. The average molecular weight is 229 g/mol. The molecule has 1 aromatic heterocycles. The van der Waals surface area contributed by atoms with Crippen LogP contribution in [0, 0.1) is 6.92 Å². The Balaban J connectivity index is 2.86. The molecule has 66 valence electrons. The van der Waals surface area contributed by atoms with Crippen molar-refractivity contribution in [1.29, 1.82) is 0 Å². The van der Waals surface area contributed by atoms with Crippen molar-refractivity contribution in [2.75, 3.05) is 0 Å². The van der Waals surface area contributed by atoms with E-state index in [0.29, 0.717) is 0 Å². The Kier molecular flexibility index (Phi) is 3.23. The Bertz CT molecular complexity index is 271. The van der Waals surface area contributed by atoms with Crippen molar-refractivity contribution < 1.29 is 0 Å². The molecule has 12 heavy (non-hydrogen) atoms. The second kappa shape index (κ2) is 4.01. The van der Waals surface area contributed by atoms with Gasteiger partial charge in [-0.15, -0.1) is 0 Å². The van der Waals surface area contributed by atoms with E-state index in [1.54, 1.807) is 0 Å². The van der Waals surface area contributed by atoms with Gasteiger partial charge in [-0.25, -0.2) is 0 Å².